The van der Waals surface area contributed by atoms with Gasteiger partial charge in [0.2, 0.25) is 0 Å². The van der Waals surface area contributed by atoms with Gasteiger partial charge >= 0.3 is 0 Å². The average molecular weight is 280 g/mol. The molecule has 4 heteroatoms. The number of hydrogen-bond donors (Lipinski definition) is 0. The Hall–Kier alpha value is -0.354. The normalized spacial score (nSPS) is 1.71. The minimum absolute atomic E-state index is 0. The fourth-order valence-electron chi connectivity index (χ4n) is 0. The minimum Gasteiger partial charge on any atom is -0.307 e. The van der Waals surface area contributed by atoms with Gasteiger partial charge in [-0.2, -0.15) is 0 Å². The van der Waals surface area contributed by atoms with Crippen LogP contribution >= 0.6 is 0 Å². The van der Waals surface area contributed by atoms with E-state index < -0.39 is 0 Å². The molecule has 7 heavy (non-hydrogen) atoms. The van der Waals surface area contributed by atoms with Gasteiger partial charge in [-0.1, -0.05) is 0 Å². The predicted octanol–water partition coefficient (Wildman–Crippen LogP) is -0.557. The second-order valence-corrected chi connectivity index (χ2v) is 0. The molecule has 0 radical (unpaired) electrons. The van der Waals surface area contributed by atoms with E-state index in [1.165, 1.54) is 0 Å². The predicted molar refractivity (Wildman–Crippen MR) is 21.4 cm³/mol. The van der Waals surface area contributed by atoms with Gasteiger partial charge in [-0.05, 0) is 0 Å². The van der Waals surface area contributed by atoms with Crippen LogP contribution in [0.3, 0.4) is 0 Å². The first-order valence-electron chi connectivity index (χ1n) is 0.866. The van der Waals surface area contributed by atoms with Gasteiger partial charge in [-0.15, -0.1) is 0 Å². The maximum Gasteiger partial charge on any atom is 0.106 e. The molecule has 0 rings (SSSR count). The Labute approximate surface area is 55.1 Å². The second kappa shape index (κ2) is 975. The first kappa shape index (κ1) is 30.3. The van der Waals surface area contributed by atoms with Crippen LogP contribution in [-0.2, 0) is 34.2 Å². The molecule has 0 amide bonds. The fourth-order valence-corrected chi connectivity index (χ4v) is 0. The molecule has 0 saturated heterocycles. The van der Waals surface area contributed by atoms with Crippen molar-refractivity contribution in [3.63, 3.8) is 0 Å². The van der Waals surface area contributed by atoms with Gasteiger partial charge < -0.3 is 14.4 Å². The van der Waals surface area contributed by atoms with Crippen molar-refractivity contribution in [1.82, 2.24) is 0 Å². The van der Waals surface area contributed by atoms with Crippen LogP contribution in [0.4, 0.5) is 0 Å². The molecule has 0 fully saturated rings. The van der Waals surface area contributed by atoms with Crippen LogP contribution in [0, 0.1) is 0 Å². The third kappa shape index (κ3) is 600. The minimum atomic E-state index is 0. The van der Waals surface area contributed by atoms with Crippen LogP contribution in [0.5, 0.6) is 0 Å². The summed E-state index contributed by atoms with van der Waals surface area (Å²) in [4.78, 5) is 24.0. The summed E-state index contributed by atoms with van der Waals surface area (Å²) >= 11 is 0. The van der Waals surface area contributed by atoms with E-state index in [2.05, 4.69) is 0 Å². The number of rotatable bonds is 0. The Morgan fingerprint density at radius 2 is 0.571 bits per heavy atom. The molecule has 0 aliphatic rings. The first-order valence-corrected chi connectivity index (χ1v) is 0.866. The molecule has 0 aliphatic carbocycles. The summed E-state index contributed by atoms with van der Waals surface area (Å²) in [5.74, 6) is 0. The smallest absolute Gasteiger partial charge is 0.106 e. The number of hydrogen-bond acceptors (Lipinski definition) is 3. The van der Waals surface area contributed by atoms with Crippen LogP contribution < -0.4 is 0 Å². The average Bonchev–Trinajstić information content (AvgIpc) is 1.81. The summed E-state index contributed by atoms with van der Waals surface area (Å²) in [5, 5.41) is 0. The zero-order chi connectivity index (χ0) is 6.00. The molecule has 0 saturated carbocycles. The van der Waals surface area contributed by atoms with E-state index in [0.29, 0.717) is 0 Å². The summed E-state index contributed by atoms with van der Waals surface area (Å²) in [6.07, 6.45) is 0. The second-order valence-electron chi connectivity index (χ2n) is 0. The van der Waals surface area contributed by atoms with Gasteiger partial charge in [0.25, 0.3) is 0 Å². The van der Waals surface area contributed by atoms with Crippen LogP contribution in [0.25, 0.3) is 0 Å². The van der Waals surface area contributed by atoms with Crippen LogP contribution in [0.1, 0.15) is 0 Å². The molecule has 0 aromatic heterocycles. The van der Waals surface area contributed by atoms with Gasteiger partial charge in [0, 0.05) is 19.8 Å². The summed E-state index contributed by atoms with van der Waals surface area (Å²) in [6, 6.07) is 0. The molecule has 0 N–H and O–H groups in total. The van der Waals surface area contributed by atoms with Gasteiger partial charge in [-0.3, -0.25) is 0 Å². The van der Waals surface area contributed by atoms with Gasteiger partial charge in [0.15, 0.2) is 0 Å². The molecule has 0 atom stereocenters. The molecule has 0 aromatic carbocycles. The van der Waals surface area contributed by atoms with Crippen LogP contribution in [-0.4, -0.2) is 20.4 Å². The van der Waals surface area contributed by atoms with E-state index >= 15 is 0 Å². The Morgan fingerprint density at radius 3 is 0.571 bits per heavy atom. The Kier molecular flexibility index (Phi) is 4210. The Morgan fingerprint density at radius 1 is 0.571 bits per heavy atom. The summed E-state index contributed by atoms with van der Waals surface area (Å²) in [6.45, 7) is 6.00. The van der Waals surface area contributed by atoms with Crippen molar-refractivity contribution in [2.24, 2.45) is 0 Å². The van der Waals surface area contributed by atoms with Crippen LogP contribution in [0.15, 0.2) is 0 Å². The first-order chi connectivity index (χ1) is 3.00. The SMILES string of the molecule is C=O.C=O.C=O.[Os]. The molecule has 0 spiro atoms. The molecule has 44 valence electrons. The van der Waals surface area contributed by atoms with E-state index in [1.807, 2.05) is 20.4 Å². The van der Waals surface area contributed by atoms with Gasteiger partial charge in [0.05, 0.1) is 0 Å². The van der Waals surface area contributed by atoms with E-state index in [-0.39, 0.29) is 19.8 Å². The number of carbonyl (C=O) groups excluding carboxylic acids is 3. The Bertz CT molecular complexity index is 14.9. The summed E-state index contributed by atoms with van der Waals surface area (Å²) in [5.41, 5.74) is 0. The van der Waals surface area contributed by atoms with Crippen molar-refractivity contribution in [2.45, 2.75) is 0 Å². The molecule has 0 unspecified atom stereocenters. The quantitative estimate of drug-likeness (QED) is 0.598. The molecule has 0 aliphatic heterocycles. The molecule has 0 aromatic rings. The van der Waals surface area contributed by atoms with E-state index in [4.69, 9.17) is 14.4 Å². The van der Waals surface area contributed by atoms with E-state index in [1.54, 1.807) is 0 Å². The number of carbonyl (C=O) groups is 3. The third-order valence-corrected chi connectivity index (χ3v) is 0. The van der Waals surface area contributed by atoms with Crippen molar-refractivity contribution in [3.05, 3.63) is 0 Å². The molecular weight excluding hydrogens is 274 g/mol. The monoisotopic (exact) mass is 282 g/mol. The molecule has 0 heterocycles. The van der Waals surface area contributed by atoms with Crippen molar-refractivity contribution >= 4 is 20.4 Å². The van der Waals surface area contributed by atoms with E-state index in [9.17, 15) is 0 Å². The Balaban J connectivity index is -0.00000000900. The van der Waals surface area contributed by atoms with Crippen molar-refractivity contribution in [3.8, 4) is 0 Å². The maximum atomic E-state index is 8.00. The largest absolute Gasteiger partial charge is 0.307 e. The summed E-state index contributed by atoms with van der Waals surface area (Å²) in [7, 11) is 0. The zero-order valence-electron chi connectivity index (χ0n) is 3.70. The molecule has 3 nitrogen and oxygen atoms in total. The van der Waals surface area contributed by atoms with Crippen molar-refractivity contribution in [1.29, 1.82) is 0 Å². The maximum absolute atomic E-state index is 8.00. The topological polar surface area (TPSA) is 51.2 Å². The molecule has 0 bridgehead atoms. The standard InChI is InChI=1S/3CH2O.Os/c3*1-2;/h3*1H2;. The van der Waals surface area contributed by atoms with Gasteiger partial charge in [0.1, 0.15) is 20.4 Å². The van der Waals surface area contributed by atoms with E-state index in [0.717, 1.165) is 0 Å². The van der Waals surface area contributed by atoms with Crippen molar-refractivity contribution in [2.75, 3.05) is 0 Å². The van der Waals surface area contributed by atoms with Gasteiger partial charge in [-0.25, -0.2) is 0 Å². The van der Waals surface area contributed by atoms with Crippen LogP contribution in [0.2, 0.25) is 0 Å². The molecular formula is C3H6O3Os. The third-order valence-electron chi connectivity index (χ3n) is 0. The van der Waals surface area contributed by atoms with Crippen molar-refractivity contribution < 1.29 is 34.2 Å². The zero-order valence-corrected chi connectivity index (χ0v) is 6.24. The summed E-state index contributed by atoms with van der Waals surface area (Å²) < 4.78 is 0. The fraction of sp³-hybridized carbons (Fsp3) is 0.